The molecule has 120 valence electrons. The first-order chi connectivity index (χ1) is 11.2. The fourth-order valence-electron chi connectivity index (χ4n) is 3.70. The first-order valence-electron chi connectivity index (χ1n) is 8.84. The summed E-state index contributed by atoms with van der Waals surface area (Å²) in [4.78, 5) is 0. The van der Waals surface area contributed by atoms with Crippen molar-refractivity contribution in [3.05, 3.63) is 71.4 Å². The zero-order valence-electron chi connectivity index (χ0n) is 14.5. The van der Waals surface area contributed by atoms with Gasteiger partial charge in [0, 0.05) is 23.1 Å². The van der Waals surface area contributed by atoms with Crippen LogP contribution in [0.3, 0.4) is 0 Å². The summed E-state index contributed by atoms with van der Waals surface area (Å²) in [6.07, 6.45) is 3.85. The molecule has 1 aromatic heterocycles. The van der Waals surface area contributed by atoms with Gasteiger partial charge in [0.1, 0.15) is 0 Å². The smallest absolute Gasteiger partial charge is 0.0488 e. The Bertz CT molecular complexity index is 767. The summed E-state index contributed by atoms with van der Waals surface area (Å²) in [5.41, 5.74) is 5.71. The summed E-state index contributed by atoms with van der Waals surface area (Å²) >= 11 is 0. The van der Waals surface area contributed by atoms with Gasteiger partial charge in [0.05, 0.1) is 0 Å². The van der Waals surface area contributed by atoms with Crippen molar-refractivity contribution in [2.45, 2.75) is 52.5 Å². The van der Waals surface area contributed by atoms with E-state index in [0.29, 0.717) is 5.92 Å². The van der Waals surface area contributed by atoms with Gasteiger partial charge in [-0.15, -0.1) is 0 Å². The second-order valence-corrected chi connectivity index (χ2v) is 6.63. The number of hydrogen-bond donors (Lipinski definition) is 0. The van der Waals surface area contributed by atoms with Crippen molar-refractivity contribution in [2.75, 3.05) is 0 Å². The van der Waals surface area contributed by atoms with Crippen LogP contribution in [0.25, 0.3) is 10.9 Å². The maximum absolute atomic E-state index is 2.49. The SMILES string of the molecule is CCCC[C@H](C)c1c(C)n(Cc2ccccc2)c2ccccc12. The minimum absolute atomic E-state index is 0.622. The number of para-hydroxylation sites is 1. The predicted octanol–water partition coefficient (Wildman–Crippen LogP) is 6.29. The van der Waals surface area contributed by atoms with Crippen LogP contribution in [-0.2, 0) is 6.54 Å². The summed E-state index contributed by atoms with van der Waals surface area (Å²) in [6, 6.07) is 19.7. The van der Waals surface area contributed by atoms with E-state index in [9.17, 15) is 0 Å². The number of aromatic nitrogens is 1. The molecule has 1 nitrogen and oxygen atoms in total. The normalized spacial score (nSPS) is 12.7. The first kappa shape index (κ1) is 15.9. The molecule has 3 aromatic rings. The maximum Gasteiger partial charge on any atom is 0.0488 e. The van der Waals surface area contributed by atoms with Crippen LogP contribution in [0, 0.1) is 6.92 Å². The Kier molecular flexibility index (Phi) is 4.85. The molecule has 0 saturated carbocycles. The van der Waals surface area contributed by atoms with Crippen molar-refractivity contribution < 1.29 is 0 Å². The third kappa shape index (κ3) is 3.19. The molecule has 1 atom stereocenters. The lowest BCUT2D eigenvalue weighted by Crippen LogP contribution is -2.03. The zero-order chi connectivity index (χ0) is 16.2. The Labute approximate surface area is 140 Å². The summed E-state index contributed by atoms with van der Waals surface area (Å²) in [5.74, 6) is 0.622. The highest BCUT2D eigenvalue weighted by molar-refractivity contribution is 5.86. The average Bonchev–Trinajstić information content (AvgIpc) is 2.86. The molecule has 0 saturated heterocycles. The highest BCUT2D eigenvalue weighted by Crippen LogP contribution is 2.34. The van der Waals surface area contributed by atoms with E-state index >= 15 is 0 Å². The van der Waals surface area contributed by atoms with Gasteiger partial charge in [-0.25, -0.2) is 0 Å². The summed E-state index contributed by atoms with van der Waals surface area (Å²) in [6.45, 7) is 7.91. The maximum atomic E-state index is 2.49. The third-order valence-corrected chi connectivity index (χ3v) is 4.95. The lowest BCUT2D eigenvalue weighted by atomic mass is 9.93. The Balaban J connectivity index is 2.06. The van der Waals surface area contributed by atoms with Crippen molar-refractivity contribution >= 4 is 10.9 Å². The molecule has 0 unspecified atom stereocenters. The van der Waals surface area contributed by atoms with Crippen LogP contribution < -0.4 is 0 Å². The lowest BCUT2D eigenvalue weighted by Gasteiger charge is -2.13. The Morgan fingerprint density at radius 2 is 1.65 bits per heavy atom. The standard InChI is InChI=1S/C22H27N/c1-4-5-11-17(2)22-18(3)23(16-19-12-7-6-8-13-19)21-15-10-9-14-20(21)22/h6-10,12-15,17H,4-5,11,16H2,1-3H3/t17-/m0/s1. The van der Waals surface area contributed by atoms with E-state index in [1.54, 1.807) is 5.56 Å². The molecule has 0 bridgehead atoms. The Morgan fingerprint density at radius 3 is 2.39 bits per heavy atom. The molecule has 0 fully saturated rings. The van der Waals surface area contributed by atoms with E-state index in [-0.39, 0.29) is 0 Å². The molecule has 1 heteroatoms. The number of benzene rings is 2. The minimum Gasteiger partial charge on any atom is -0.340 e. The van der Waals surface area contributed by atoms with Gasteiger partial charge in [0.25, 0.3) is 0 Å². The van der Waals surface area contributed by atoms with Gasteiger partial charge in [-0.3, -0.25) is 0 Å². The van der Waals surface area contributed by atoms with Crippen LogP contribution >= 0.6 is 0 Å². The van der Waals surface area contributed by atoms with Crippen LogP contribution in [0.15, 0.2) is 54.6 Å². The van der Waals surface area contributed by atoms with Gasteiger partial charge in [-0.05, 0) is 36.5 Å². The van der Waals surface area contributed by atoms with Gasteiger partial charge in [0.2, 0.25) is 0 Å². The summed E-state index contributed by atoms with van der Waals surface area (Å²) in [7, 11) is 0. The second-order valence-electron chi connectivity index (χ2n) is 6.63. The second kappa shape index (κ2) is 7.04. The molecule has 1 heterocycles. The van der Waals surface area contributed by atoms with Gasteiger partial charge in [-0.1, -0.05) is 75.2 Å². The van der Waals surface area contributed by atoms with E-state index in [1.807, 2.05) is 0 Å². The van der Waals surface area contributed by atoms with Crippen molar-refractivity contribution in [2.24, 2.45) is 0 Å². The Morgan fingerprint density at radius 1 is 0.957 bits per heavy atom. The number of fused-ring (bicyclic) bond motifs is 1. The lowest BCUT2D eigenvalue weighted by molar-refractivity contribution is 0.620. The van der Waals surface area contributed by atoms with Crippen molar-refractivity contribution in [1.29, 1.82) is 0 Å². The molecule has 3 rings (SSSR count). The molecule has 0 aliphatic heterocycles. The van der Waals surface area contributed by atoms with Crippen LogP contribution in [0.4, 0.5) is 0 Å². The third-order valence-electron chi connectivity index (χ3n) is 4.95. The van der Waals surface area contributed by atoms with Crippen LogP contribution in [0.1, 0.15) is 55.8 Å². The molecule has 0 amide bonds. The fraction of sp³-hybridized carbons (Fsp3) is 0.364. The molecule has 0 N–H and O–H groups in total. The minimum atomic E-state index is 0.622. The molecule has 0 aliphatic rings. The average molecular weight is 305 g/mol. The van der Waals surface area contributed by atoms with Gasteiger partial charge in [0.15, 0.2) is 0 Å². The van der Waals surface area contributed by atoms with Crippen LogP contribution in [0.5, 0.6) is 0 Å². The zero-order valence-corrected chi connectivity index (χ0v) is 14.5. The van der Waals surface area contributed by atoms with Crippen molar-refractivity contribution in [1.82, 2.24) is 4.57 Å². The summed E-state index contributed by atoms with van der Waals surface area (Å²) < 4.78 is 2.49. The van der Waals surface area contributed by atoms with Crippen molar-refractivity contribution in [3.8, 4) is 0 Å². The van der Waals surface area contributed by atoms with Gasteiger partial charge >= 0.3 is 0 Å². The first-order valence-corrected chi connectivity index (χ1v) is 8.84. The fourth-order valence-corrected chi connectivity index (χ4v) is 3.70. The van der Waals surface area contributed by atoms with Gasteiger partial charge in [-0.2, -0.15) is 0 Å². The highest BCUT2D eigenvalue weighted by atomic mass is 15.0. The quantitative estimate of drug-likeness (QED) is 0.504. The van der Waals surface area contributed by atoms with E-state index in [0.717, 1.165) is 6.54 Å². The molecular weight excluding hydrogens is 278 g/mol. The van der Waals surface area contributed by atoms with E-state index in [4.69, 9.17) is 0 Å². The molecule has 0 spiro atoms. The van der Waals surface area contributed by atoms with E-state index in [2.05, 4.69) is 79.9 Å². The number of unbranched alkanes of at least 4 members (excludes halogenated alkanes) is 1. The van der Waals surface area contributed by atoms with Crippen LogP contribution in [-0.4, -0.2) is 4.57 Å². The number of rotatable bonds is 6. The number of hydrogen-bond acceptors (Lipinski definition) is 0. The largest absolute Gasteiger partial charge is 0.340 e. The molecule has 23 heavy (non-hydrogen) atoms. The topological polar surface area (TPSA) is 4.93 Å². The summed E-state index contributed by atoms with van der Waals surface area (Å²) in [5, 5.41) is 1.43. The number of nitrogens with zero attached hydrogens (tertiary/aromatic N) is 1. The van der Waals surface area contributed by atoms with E-state index in [1.165, 1.54) is 41.4 Å². The van der Waals surface area contributed by atoms with E-state index < -0.39 is 0 Å². The molecule has 0 aliphatic carbocycles. The molecular formula is C22H27N. The van der Waals surface area contributed by atoms with Gasteiger partial charge < -0.3 is 4.57 Å². The predicted molar refractivity (Wildman–Crippen MR) is 100 cm³/mol. The molecule has 2 aromatic carbocycles. The van der Waals surface area contributed by atoms with Crippen LogP contribution in [0.2, 0.25) is 0 Å². The highest BCUT2D eigenvalue weighted by Gasteiger charge is 2.18. The Hall–Kier alpha value is -2.02. The molecule has 0 radical (unpaired) electrons. The van der Waals surface area contributed by atoms with Crippen molar-refractivity contribution in [3.63, 3.8) is 0 Å². The monoisotopic (exact) mass is 305 g/mol.